The Morgan fingerprint density at radius 3 is 2.89 bits per heavy atom. The van der Waals surface area contributed by atoms with E-state index in [4.69, 9.17) is 4.74 Å². The van der Waals surface area contributed by atoms with Crippen molar-refractivity contribution >= 4 is 5.97 Å². The maximum absolute atomic E-state index is 12.2. The number of hydrogen-bond acceptors (Lipinski definition) is 5. The summed E-state index contributed by atoms with van der Waals surface area (Å²) < 4.78 is 6.26. The zero-order valence-corrected chi connectivity index (χ0v) is 15.7. The minimum atomic E-state index is -0.987. The van der Waals surface area contributed by atoms with Gasteiger partial charge in [0.2, 0.25) is 0 Å². The molecule has 3 aliphatic carbocycles. The van der Waals surface area contributed by atoms with Gasteiger partial charge >= 0.3 is 5.97 Å². The number of ether oxygens (including phenoxy) is 1. The van der Waals surface area contributed by atoms with Crippen LogP contribution in [-0.2, 0) is 16.6 Å². The van der Waals surface area contributed by atoms with Gasteiger partial charge < -0.3 is 20.1 Å². The van der Waals surface area contributed by atoms with Crippen LogP contribution < -0.4 is 4.74 Å². The van der Waals surface area contributed by atoms with Crippen molar-refractivity contribution in [3.8, 4) is 11.5 Å². The highest BCUT2D eigenvalue weighted by Gasteiger charge is 2.72. The number of carboxylic acids is 1. The van der Waals surface area contributed by atoms with Crippen LogP contribution in [-0.4, -0.2) is 57.0 Å². The minimum absolute atomic E-state index is 0.0160. The predicted molar refractivity (Wildman–Crippen MR) is 101 cm³/mol. The van der Waals surface area contributed by atoms with Gasteiger partial charge in [0, 0.05) is 24.2 Å². The maximum Gasteiger partial charge on any atom is 0.328 e. The van der Waals surface area contributed by atoms with Crippen LogP contribution in [0.1, 0.15) is 43.2 Å². The third-order valence-electron chi connectivity index (χ3n) is 7.95. The molecule has 1 aromatic rings. The summed E-state index contributed by atoms with van der Waals surface area (Å²) in [6.07, 6.45) is 5.80. The summed E-state index contributed by atoms with van der Waals surface area (Å²) in [7, 11) is 0. The van der Waals surface area contributed by atoms with Crippen LogP contribution in [0.25, 0.3) is 0 Å². The molecule has 2 bridgehead atoms. The standard InChI is InChI=1S/C22H25NO5/c24-15-4-3-13-9-16-22(27)6-5-14(10-17(25)26)20-21(22,18(13)19(15)28-20)7-8-23(16)11-12-1-2-12/h3-4,10,12,16,20,24,27H,1-2,5-9,11H2,(H,25,26)/t16-,20+,21+,22-/m1/s1. The number of aromatic hydroxyl groups is 1. The van der Waals surface area contributed by atoms with Gasteiger partial charge in [0.1, 0.15) is 6.10 Å². The molecule has 2 heterocycles. The first-order valence-corrected chi connectivity index (χ1v) is 10.4. The van der Waals surface area contributed by atoms with Crippen LogP contribution in [0, 0.1) is 5.92 Å². The lowest BCUT2D eigenvalue weighted by Gasteiger charge is -2.63. The molecule has 5 aliphatic rings. The number of likely N-dealkylation sites (tertiary alicyclic amines) is 1. The first-order chi connectivity index (χ1) is 13.4. The van der Waals surface area contributed by atoms with Gasteiger partial charge in [-0.3, -0.25) is 4.90 Å². The summed E-state index contributed by atoms with van der Waals surface area (Å²) in [5.74, 6) is 0.294. The Labute approximate surface area is 163 Å². The molecule has 2 aliphatic heterocycles. The van der Waals surface area contributed by atoms with Gasteiger partial charge in [-0.25, -0.2) is 4.79 Å². The minimum Gasteiger partial charge on any atom is -0.504 e. The Morgan fingerprint density at radius 1 is 1.32 bits per heavy atom. The fourth-order valence-corrected chi connectivity index (χ4v) is 6.64. The molecule has 0 unspecified atom stereocenters. The molecule has 28 heavy (non-hydrogen) atoms. The molecular formula is C22H25NO5. The molecule has 0 radical (unpaired) electrons. The normalized spacial score (nSPS) is 39.5. The van der Waals surface area contributed by atoms with Gasteiger partial charge in [0.15, 0.2) is 11.5 Å². The molecule has 3 N–H and O–H groups in total. The maximum atomic E-state index is 12.2. The van der Waals surface area contributed by atoms with E-state index in [1.54, 1.807) is 6.07 Å². The van der Waals surface area contributed by atoms with E-state index in [2.05, 4.69) is 4.90 Å². The molecule has 6 heteroatoms. The van der Waals surface area contributed by atoms with Gasteiger partial charge in [-0.2, -0.15) is 0 Å². The van der Waals surface area contributed by atoms with E-state index in [9.17, 15) is 20.1 Å². The number of phenols is 1. The Morgan fingerprint density at radius 2 is 2.14 bits per heavy atom. The van der Waals surface area contributed by atoms with Crippen molar-refractivity contribution in [3.63, 3.8) is 0 Å². The molecule has 0 aromatic heterocycles. The fourth-order valence-electron chi connectivity index (χ4n) is 6.64. The summed E-state index contributed by atoms with van der Waals surface area (Å²) in [6.45, 7) is 1.91. The van der Waals surface area contributed by atoms with Crippen molar-refractivity contribution < 1.29 is 24.9 Å². The van der Waals surface area contributed by atoms with E-state index in [0.717, 1.165) is 48.5 Å². The van der Waals surface area contributed by atoms with Crippen molar-refractivity contribution in [1.29, 1.82) is 0 Å². The molecule has 1 saturated heterocycles. The van der Waals surface area contributed by atoms with Gasteiger partial charge in [-0.05, 0) is 68.2 Å². The molecule has 1 spiro atoms. The third kappa shape index (κ3) is 1.93. The quantitative estimate of drug-likeness (QED) is 0.692. The molecule has 148 valence electrons. The number of nitrogens with zero attached hydrogens (tertiary/aromatic N) is 1. The Bertz CT molecular complexity index is 922. The Kier molecular flexibility index (Phi) is 3.19. The lowest BCUT2D eigenvalue weighted by Crippen LogP contribution is -2.75. The molecule has 0 amide bonds. The van der Waals surface area contributed by atoms with Gasteiger partial charge in [-0.1, -0.05) is 6.07 Å². The zero-order chi connectivity index (χ0) is 19.3. The summed E-state index contributed by atoms with van der Waals surface area (Å²) in [6, 6.07) is 3.65. The number of hydrogen-bond donors (Lipinski definition) is 3. The number of aliphatic hydroxyl groups is 1. The molecule has 1 aromatic carbocycles. The van der Waals surface area contributed by atoms with E-state index in [1.807, 2.05) is 6.07 Å². The van der Waals surface area contributed by atoms with Gasteiger partial charge in [-0.15, -0.1) is 0 Å². The number of piperidine rings is 1. The first kappa shape index (κ1) is 16.9. The average molecular weight is 383 g/mol. The third-order valence-corrected chi connectivity index (χ3v) is 7.95. The molecular weight excluding hydrogens is 358 g/mol. The van der Waals surface area contributed by atoms with E-state index in [1.165, 1.54) is 18.9 Å². The number of phenolic OH excluding ortho intramolecular Hbond substituents is 1. The predicted octanol–water partition coefficient (Wildman–Crippen LogP) is 1.97. The highest BCUT2D eigenvalue weighted by Crippen LogP contribution is 2.66. The van der Waals surface area contributed by atoms with Crippen molar-refractivity contribution in [1.82, 2.24) is 4.90 Å². The monoisotopic (exact) mass is 383 g/mol. The largest absolute Gasteiger partial charge is 0.504 e. The average Bonchev–Trinajstić information content (AvgIpc) is 3.38. The molecule has 3 fully saturated rings. The van der Waals surface area contributed by atoms with E-state index in [-0.39, 0.29) is 11.8 Å². The number of carbonyl (C=O) groups is 1. The lowest BCUT2D eigenvalue weighted by molar-refractivity contribution is -0.174. The number of carboxylic acid groups (broad SMARTS) is 1. The van der Waals surface area contributed by atoms with Crippen LogP contribution in [0.3, 0.4) is 0 Å². The zero-order valence-electron chi connectivity index (χ0n) is 15.7. The van der Waals surface area contributed by atoms with Crippen molar-refractivity contribution in [2.24, 2.45) is 5.92 Å². The second-order valence-electron chi connectivity index (χ2n) is 9.31. The second kappa shape index (κ2) is 5.30. The van der Waals surface area contributed by atoms with E-state index >= 15 is 0 Å². The van der Waals surface area contributed by atoms with Crippen LogP contribution in [0.2, 0.25) is 0 Å². The smallest absolute Gasteiger partial charge is 0.328 e. The van der Waals surface area contributed by atoms with Gasteiger partial charge in [0.25, 0.3) is 0 Å². The summed E-state index contributed by atoms with van der Waals surface area (Å²) in [4.78, 5) is 13.9. The topological polar surface area (TPSA) is 90.2 Å². The first-order valence-electron chi connectivity index (χ1n) is 10.4. The SMILES string of the molecule is O=C(O)C=C1CC[C@@]2(O)[C@H]3Cc4ccc(O)c5c4[C@@]2(CCN3CC2CC2)[C@H]1O5. The van der Waals surface area contributed by atoms with Crippen LogP contribution >= 0.6 is 0 Å². The number of rotatable bonds is 3. The van der Waals surface area contributed by atoms with Crippen molar-refractivity contribution in [3.05, 3.63) is 34.9 Å². The van der Waals surface area contributed by atoms with Crippen LogP contribution in [0.4, 0.5) is 0 Å². The van der Waals surface area contributed by atoms with Crippen LogP contribution in [0.5, 0.6) is 11.5 Å². The van der Waals surface area contributed by atoms with Crippen molar-refractivity contribution in [2.75, 3.05) is 13.1 Å². The Balaban J connectivity index is 1.56. The summed E-state index contributed by atoms with van der Waals surface area (Å²) in [5.41, 5.74) is 1.14. The van der Waals surface area contributed by atoms with Crippen LogP contribution in [0.15, 0.2) is 23.8 Å². The molecule has 6 nitrogen and oxygen atoms in total. The summed E-state index contributed by atoms with van der Waals surface area (Å²) >= 11 is 0. The number of aliphatic carboxylic acids is 1. The second-order valence-corrected chi connectivity index (χ2v) is 9.31. The molecule has 4 atom stereocenters. The van der Waals surface area contributed by atoms with Crippen molar-refractivity contribution in [2.45, 2.75) is 61.7 Å². The fraction of sp³-hybridized carbons (Fsp3) is 0.591. The number of benzene rings is 1. The van der Waals surface area contributed by atoms with E-state index < -0.39 is 23.1 Å². The van der Waals surface area contributed by atoms with Gasteiger partial charge in [0.05, 0.1) is 11.0 Å². The molecule has 2 saturated carbocycles. The summed E-state index contributed by atoms with van der Waals surface area (Å²) in [5, 5.41) is 32.0. The van der Waals surface area contributed by atoms with E-state index in [0.29, 0.717) is 18.6 Å². The highest BCUT2D eigenvalue weighted by molar-refractivity contribution is 5.81. The molecule has 6 rings (SSSR count). The lowest BCUT2D eigenvalue weighted by atomic mass is 9.48. The Hall–Kier alpha value is -2.05. The highest BCUT2D eigenvalue weighted by atomic mass is 16.5.